The normalized spacial score (nSPS) is 25.0. The maximum Gasteiger partial charge on any atom is 0.0264 e. The lowest BCUT2D eigenvalue weighted by molar-refractivity contribution is 0.350. The molecule has 72 valence electrons. The Hall–Kier alpha value is 0.600. The van der Waals surface area contributed by atoms with E-state index in [0.29, 0.717) is 0 Å². The number of likely N-dealkylation sites (tertiary alicyclic amines) is 1. The van der Waals surface area contributed by atoms with Crippen LogP contribution in [0.25, 0.3) is 0 Å². The van der Waals surface area contributed by atoms with Crippen molar-refractivity contribution in [1.29, 1.82) is 0 Å². The third-order valence-corrected chi connectivity index (χ3v) is 3.66. The van der Waals surface area contributed by atoms with Crippen LogP contribution in [0.1, 0.15) is 13.3 Å². The fourth-order valence-electron chi connectivity index (χ4n) is 1.58. The Labute approximate surface area is 84.8 Å². The monoisotopic (exact) mass is 207 g/mol. The van der Waals surface area contributed by atoms with Crippen molar-refractivity contribution in [3.8, 4) is 0 Å². The molecule has 1 unspecified atom stereocenters. The number of hydrogen-bond donors (Lipinski definition) is 0. The topological polar surface area (TPSA) is 3.24 Å². The Balaban J connectivity index is 2.03. The Kier molecular flexibility index (Phi) is 5.44. The van der Waals surface area contributed by atoms with Crippen molar-refractivity contribution in [1.82, 2.24) is 4.90 Å². The summed E-state index contributed by atoms with van der Waals surface area (Å²) in [5, 5.41) is 0. The summed E-state index contributed by atoms with van der Waals surface area (Å²) in [6.45, 7) is 5.97. The smallest absolute Gasteiger partial charge is 0.0264 e. The standard InChI is InChI=1S/C9H18ClNS/c1-2-12-6-5-11-4-3-9(7-10)8-11/h9H,2-8H2,1H3. The van der Waals surface area contributed by atoms with E-state index >= 15 is 0 Å². The number of rotatable bonds is 5. The molecule has 1 fully saturated rings. The van der Waals surface area contributed by atoms with E-state index in [-0.39, 0.29) is 0 Å². The minimum Gasteiger partial charge on any atom is -0.302 e. The molecule has 0 aromatic carbocycles. The maximum absolute atomic E-state index is 5.80. The van der Waals surface area contributed by atoms with Gasteiger partial charge in [0.1, 0.15) is 0 Å². The fourth-order valence-corrected chi connectivity index (χ4v) is 2.51. The van der Waals surface area contributed by atoms with Gasteiger partial charge >= 0.3 is 0 Å². The van der Waals surface area contributed by atoms with Crippen LogP contribution in [0.4, 0.5) is 0 Å². The Bertz CT molecular complexity index is 121. The van der Waals surface area contributed by atoms with Crippen LogP contribution in [0, 0.1) is 5.92 Å². The molecule has 1 atom stereocenters. The van der Waals surface area contributed by atoms with E-state index in [0.717, 1.165) is 11.8 Å². The summed E-state index contributed by atoms with van der Waals surface area (Å²) in [5.41, 5.74) is 0. The first-order valence-corrected chi connectivity index (χ1v) is 6.41. The second-order valence-electron chi connectivity index (χ2n) is 3.31. The predicted molar refractivity (Wildman–Crippen MR) is 58.3 cm³/mol. The summed E-state index contributed by atoms with van der Waals surface area (Å²) >= 11 is 7.83. The second-order valence-corrected chi connectivity index (χ2v) is 5.01. The van der Waals surface area contributed by atoms with E-state index in [9.17, 15) is 0 Å². The van der Waals surface area contributed by atoms with Gasteiger partial charge < -0.3 is 4.90 Å². The second kappa shape index (κ2) is 6.11. The minimum absolute atomic E-state index is 0.762. The first kappa shape index (κ1) is 10.7. The van der Waals surface area contributed by atoms with Crippen LogP contribution in [0.5, 0.6) is 0 Å². The highest BCUT2D eigenvalue weighted by molar-refractivity contribution is 7.99. The highest BCUT2D eigenvalue weighted by Gasteiger charge is 2.20. The lowest BCUT2D eigenvalue weighted by Gasteiger charge is -2.14. The van der Waals surface area contributed by atoms with Crippen LogP contribution < -0.4 is 0 Å². The van der Waals surface area contributed by atoms with Crippen LogP contribution in [-0.2, 0) is 0 Å². The van der Waals surface area contributed by atoms with Crippen LogP contribution in [-0.4, -0.2) is 41.9 Å². The lowest BCUT2D eigenvalue weighted by Crippen LogP contribution is -2.23. The molecular weight excluding hydrogens is 190 g/mol. The van der Waals surface area contributed by atoms with Crippen molar-refractivity contribution < 1.29 is 0 Å². The zero-order valence-electron chi connectivity index (χ0n) is 7.76. The third kappa shape index (κ3) is 3.55. The molecule has 0 bridgehead atoms. The minimum atomic E-state index is 0.762. The van der Waals surface area contributed by atoms with E-state index in [4.69, 9.17) is 11.6 Å². The summed E-state index contributed by atoms with van der Waals surface area (Å²) in [7, 11) is 0. The summed E-state index contributed by atoms with van der Waals surface area (Å²) in [6.07, 6.45) is 1.31. The highest BCUT2D eigenvalue weighted by atomic mass is 35.5. The van der Waals surface area contributed by atoms with E-state index in [1.54, 1.807) is 0 Å². The number of alkyl halides is 1. The Morgan fingerprint density at radius 3 is 3.00 bits per heavy atom. The van der Waals surface area contributed by atoms with Gasteiger partial charge in [-0.25, -0.2) is 0 Å². The van der Waals surface area contributed by atoms with Crippen LogP contribution in [0.2, 0.25) is 0 Å². The van der Waals surface area contributed by atoms with Crippen molar-refractivity contribution in [3.05, 3.63) is 0 Å². The molecule has 0 N–H and O–H groups in total. The largest absolute Gasteiger partial charge is 0.302 e. The van der Waals surface area contributed by atoms with Gasteiger partial charge in [0.15, 0.2) is 0 Å². The fraction of sp³-hybridized carbons (Fsp3) is 1.00. The first-order valence-electron chi connectivity index (χ1n) is 4.73. The molecule has 1 rings (SSSR count). The lowest BCUT2D eigenvalue weighted by atomic mass is 10.2. The number of hydrogen-bond acceptors (Lipinski definition) is 2. The molecule has 3 heteroatoms. The molecule has 0 radical (unpaired) electrons. The van der Waals surface area contributed by atoms with Gasteiger partial charge in [-0.2, -0.15) is 11.8 Å². The van der Waals surface area contributed by atoms with Gasteiger partial charge in [0.25, 0.3) is 0 Å². The molecule has 1 nitrogen and oxygen atoms in total. The number of halogens is 1. The molecule has 0 spiro atoms. The molecule has 0 saturated carbocycles. The molecule has 0 amide bonds. The summed E-state index contributed by atoms with van der Waals surface area (Å²) < 4.78 is 0. The SMILES string of the molecule is CCSCCN1CCC(CCl)C1. The van der Waals surface area contributed by atoms with E-state index in [2.05, 4.69) is 11.8 Å². The predicted octanol–water partition coefficient (Wildman–Crippen LogP) is 2.30. The molecule has 1 saturated heterocycles. The van der Waals surface area contributed by atoms with Gasteiger partial charge in [-0.3, -0.25) is 0 Å². The average molecular weight is 208 g/mol. The molecular formula is C9H18ClNS. The highest BCUT2D eigenvalue weighted by Crippen LogP contribution is 2.17. The number of thioether (sulfide) groups is 1. The van der Waals surface area contributed by atoms with Crippen LogP contribution >= 0.6 is 23.4 Å². The van der Waals surface area contributed by atoms with Crippen LogP contribution in [0.15, 0.2) is 0 Å². The van der Waals surface area contributed by atoms with E-state index in [1.165, 1.54) is 37.6 Å². The third-order valence-electron chi connectivity index (χ3n) is 2.34. The Morgan fingerprint density at radius 2 is 2.42 bits per heavy atom. The van der Waals surface area contributed by atoms with Crippen molar-refractivity contribution in [2.75, 3.05) is 37.0 Å². The Morgan fingerprint density at radius 1 is 1.58 bits per heavy atom. The molecule has 1 aliphatic heterocycles. The number of nitrogens with zero attached hydrogens (tertiary/aromatic N) is 1. The van der Waals surface area contributed by atoms with Crippen LogP contribution in [0.3, 0.4) is 0 Å². The zero-order valence-corrected chi connectivity index (χ0v) is 9.33. The van der Waals surface area contributed by atoms with Gasteiger partial charge in [0, 0.05) is 24.7 Å². The van der Waals surface area contributed by atoms with Gasteiger partial charge in [-0.05, 0) is 24.6 Å². The van der Waals surface area contributed by atoms with Crippen molar-refractivity contribution in [2.24, 2.45) is 5.92 Å². The summed E-state index contributed by atoms with van der Waals surface area (Å²) in [6, 6.07) is 0. The van der Waals surface area contributed by atoms with Crippen molar-refractivity contribution in [2.45, 2.75) is 13.3 Å². The molecule has 1 heterocycles. The zero-order chi connectivity index (χ0) is 8.81. The van der Waals surface area contributed by atoms with E-state index in [1.807, 2.05) is 11.8 Å². The van der Waals surface area contributed by atoms with Gasteiger partial charge in [0.05, 0.1) is 0 Å². The van der Waals surface area contributed by atoms with Gasteiger partial charge in [-0.1, -0.05) is 6.92 Å². The molecule has 0 aromatic heterocycles. The van der Waals surface area contributed by atoms with Gasteiger partial charge in [-0.15, -0.1) is 11.6 Å². The summed E-state index contributed by atoms with van der Waals surface area (Å²) in [4.78, 5) is 2.54. The van der Waals surface area contributed by atoms with Gasteiger partial charge in [0.2, 0.25) is 0 Å². The van der Waals surface area contributed by atoms with Crippen molar-refractivity contribution in [3.63, 3.8) is 0 Å². The first-order chi connectivity index (χ1) is 5.86. The maximum atomic E-state index is 5.80. The average Bonchev–Trinajstić information content (AvgIpc) is 2.53. The van der Waals surface area contributed by atoms with Crippen molar-refractivity contribution >= 4 is 23.4 Å². The molecule has 1 aliphatic rings. The molecule has 0 aliphatic carbocycles. The quantitative estimate of drug-likeness (QED) is 0.503. The molecule has 0 aromatic rings. The molecule has 12 heavy (non-hydrogen) atoms. The van der Waals surface area contributed by atoms with E-state index < -0.39 is 0 Å². The summed E-state index contributed by atoms with van der Waals surface area (Å²) in [5.74, 6) is 4.13.